The van der Waals surface area contributed by atoms with Crippen LogP contribution in [0.4, 0.5) is 5.69 Å². The maximum absolute atomic E-state index is 10.5. The molecule has 1 aromatic rings. The standard InChI is InChI=1S/C5H5ClN2OS/c6-3-1-2(7)4(10-3)5(8)9/h1H,7H2,(H2,8,9). The second kappa shape index (κ2) is 2.48. The Balaban J connectivity index is 3.15. The Morgan fingerprint density at radius 3 is 2.50 bits per heavy atom. The normalized spacial score (nSPS) is 9.70. The van der Waals surface area contributed by atoms with Gasteiger partial charge in [-0.3, -0.25) is 4.79 Å². The van der Waals surface area contributed by atoms with E-state index < -0.39 is 5.91 Å². The van der Waals surface area contributed by atoms with Crippen LogP contribution in [-0.4, -0.2) is 5.91 Å². The van der Waals surface area contributed by atoms with E-state index in [2.05, 4.69) is 0 Å². The van der Waals surface area contributed by atoms with Crippen molar-refractivity contribution in [3.8, 4) is 0 Å². The molecule has 0 aliphatic rings. The Kier molecular flexibility index (Phi) is 1.82. The fourth-order valence-electron chi connectivity index (χ4n) is 0.566. The second-order valence-corrected chi connectivity index (χ2v) is 3.38. The smallest absolute Gasteiger partial charge is 0.260 e. The number of primary amides is 1. The first-order valence-corrected chi connectivity index (χ1v) is 3.65. The molecule has 0 aromatic carbocycles. The third-order valence-electron chi connectivity index (χ3n) is 0.955. The molecule has 54 valence electrons. The summed E-state index contributed by atoms with van der Waals surface area (Å²) in [5.41, 5.74) is 10.7. The highest BCUT2D eigenvalue weighted by Gasteiger charge is 2.08. The van der Waals surface area contributed by atoms with Crippen LogP contribution >= 0.6 is 22.9 Å². The van der Waals surface area contributed by atoms with E-state index in [-0.39, 0.29) is 0 Å². The highest BCUT2D eigenvalue weighted by molar-refractivity contribution is 7.18. The summed E-state index contributed by atoms with van der Waals surface area (Å²) in [5, 5.41) is 0. The van der Waals surface area contributed by atoms with Crippen LogP contribution in [0.15, 0.2) is 6.07 Å². The van der Waals surface area contributed by atoms with E-state index in [9.17, 15) is 4.79 Å². The van der Waals surface area contributed by atoms with Crippen molar-refractivity contribution < 1.29 is 4.79 Å². The van der Waals surface area contributed by atoms with Gasteiger partial charge in [-0.2, -0.15) is 0 Å². The van der Waals surface area contributed by atoms with E-state index in [1.54, 1.807) is 0 Å². The minimum absolute atomic E-state index is 0.324. The molecule has 0 aliphatic carbocycles. The molecule has 1 aromatic heterocycles. The van der Waals surface area contributed by atoms with Crippen molar-refractivity contribution in [3.05, 3.63) is 15.3 Å². The Bertz CT molecular complexity index is 271. The highest BCUT2D eigenvalue weighted by atomic mass is 35.5. The van der Waals surface area contributed by atoms with Crippen LogP contribution in [0, 0.1) is 0 Å². The number of thiophene rings is 1. The molecule has 0 atom stereocenters. The summed E-state index contributed by atoms with van der Waals surface area (Å²) in [6.07, 6.45) is 0. The fraction of sp³-hybridized carbons (Fsp3) is 0. The number of halogens is 1. The first-order chi connectivity index (χ1) is 4.61. The lowest BCUT2D eigenvalue weighted by atomic mass is 10.4. The van der Waals surface area contributed by atoms with Crippen molar-refractivity contribution >= 4 is 34.5 Å². The minimum Gasteiger partial charge on any atom is -0.397 e. The molecule has 0 fully saturated rings. The van der Waals surface area contributed by atoms with Crippen molar-refractivity contribution in [1.29, 1.82) is 0 Å². The third-order valence-corrected chi connectivity index (χ3v) is 2.25. The van der Waals surface area contributed by atoms with Crippen LogP contribution in [0.5, 0.6) is 0 Å². The first-order valence-electron chi connectivity index (χ1n) is 2.46. The molecule has 10 heavy (non-hydrogen) atoms. The summed E-state index contributed by atoms with van der Waals surface area (Å²) in [4.78, 5) is 10.9. The zero-order valence-electron chi connectivity index (χ0n) is 4.93. The molecule has 0 bridgehead atoms. The molecular formula is C5H5ClN2OS. The largest absolute Gasteiger partial charge is 0.397 e. The number of nitrogens with two attached hydrogens (primary N) is 2. The van der Waals surface area contributed by atoms with E-state index >= 15 is 0 Å². The van der Waals surface area contributed by atoms with Gasteiger partial charge in [0.2, 0.25) is 0 Å². The molecule has 1 heterocycles. The Morgan fingerprint density at radius 2 is 2.30 bits per heavy atom. The van der Waals surface area contributed by atoms with Gasteiger partial charge in [-0.25, -0.2) is 0 Å². The zero-order valence-corrected chi connectivity index (χ0v) is 6.50. The van der Waals surface area contributed by atoms with Crippen molar-refractivity contribution in [2.24, 2.45) is 5.73 Å². The van der Waals surface area contributed by atoms with Crippen LogP contribution in [-0.2, 0) is 0 Å². The predicted molar refractivity (Wildman–Crippen MR) is 42.3 cm³/mol. The molecule has 0 aliphatic heterocycles. The summed E-state index contributed by atoms with van der Waals surface area (Å²) >= 11 is 6.63. The van der Waals surface area contributed by atoms with Gasteiger partial charge in [-0.05, 0) is 6.07 Å². The number of carbonyl (C=O) groups is 1. The van der Waals surface area contributed by atoms with E-state index in [0.29, 0.717) is 14.9 Å². The molecular weight excluding hydrogens is 172 g/mol. The maximum atomic E-state index is 10.5. The van der Waals surface area contributed by atoms with Gasteiger partial charge < -0.3 is 11.5 Å². The lowest BCUT2D eigenvalue weighted by Crippen LogP contribution is -2.10. The summed E-state index contributed by atoms with van der Waals surface area (Å²) in [6.45, 7) is 0. The van der Waals surface area contributed by atoms with E-state index in [4.69, 9.17) is 23.1 Å². The monoisotopic (exact) mass is 176 g/mol. The van der Waals surface area contributed by atoms with E-state index in [1.165, 1.54) is 6.07 Å². The number of carbonyl (C=O) groups excluding carboxylic acids is 1. The molecule has 1 amide bonds. The van der Waals surface area contributed by atoms with Gasteiger partial charge in [0.1, 0.15) is 4.88 Å². The number of nitrogen functional groups attached to an aromatic ring is 1. The van der Waals surface area contributed by atoms with E-state index in [0.717, 1.165) is 11.3 Å². The number of hydrogen-bond donors (Lipinski definition) is 2. The van der Waals surface area contributed by atoms with E-state index in [1.807, 2.05) is 0 Å². The molecule has 3 nitrogen and oxygen atoms in total. The number of anilines is 1. The first kappa shape index (κ1) is 7.37. The summed E-state index contributed by atoms with van der Waals surface area (Å²) in [5.74, 6) is -0.533. The van der Waals surface area contributed by atoms with Crippen LogP contribution < -0.4 is 11.5 Å². The third kappa shape index (κ3) is 1.22. The molecule has 4 N–H and O–H groups in total. The average molecular weight is 177 g/mol. The molecule has 0 saturated carbocycles. The number of rotatable bonds is 1. The quantitative estimate of drug-likeness (QED) is 0.673. The zero-order chi connectivity index (χ0) is 7.72. The summed E-state index contributed by atoms with van der Waals surface area (Å²) in [7, 11) is 0. The SMILES string of the molecule is NC(=O)c1sc(Cl)cc1N. The molecule has 0 saturated heterocycles. The molecule has 0 radical (unpaired) electrons. The Labute approximate surface area is 66.6 Å². The summed E-state index contributed by atoms with van der Waals surface area (Å²) in [6, 6.07) is 1.51. The van der Waals surface area contributed by atoms with Gasteiger partial charge in [-0.15, -0.1) is 11.3 Å². The van der Waals surface area contributed by atoms with Crippen LogP contribution in [0.1, 0.15) is 9.67 Å². The van der Waals surface area contributed by atoms with Crippen LogP contribution in [0.25, 0.3) is 0 Å². The van der Waals surface area contributed by atoms with Crippen molar-refractivity contribution in [1.82, 2.24) is 0 Å². The maximum Gasteiger partial charge on any atom is 0.260 e. The highest BCUT2D eigenvalue weighted by Crippen LogP contribution is 2.27. The topological polar surface area (TPSA) is 69.1 Å². The number of amides is 1. The molecule has 0 unspecified atom stereocenters. The van der Waals surface area contributed by atoms with Gasteiger partial charge in [-0.1, -0.05) is 11.6 Å². The van der Waals surface area contributed by atoms with Gasteiger partial charge in [0, 0.05) is 0 Å². The number of hydrogen-bond acceptors (Lipinski definition) is 3. The van der Waals surface area contributed by atoms with Crippen LogP contribution in [0.3, 0.4) is 0 Å². The molecule has 5 heteroatoms. The lowest BCUT2D eigenvalue weighted by Gasteiger charge is -1.87. The van der Waals surface area contributed by atoms with Crippen molar-refractivity contribution in [3.63, 3.8) is 0 Å². The Hall–Kier alpha value is -0.740. The fourth-order valence-corrected chi connectivity index (χ4v) is 1.57. The van der Waals surface area contributed by atoms with Gasteiger partial charge in [0.05, 0.1) is 10.0 Å². The predicted octanol–water partition coefficient (Wildman–Crippen LogP) is 1.08. The van der Waals surface area contributed by atoms with Gasteiger partial charge in [0.15, 0.2) is 0 Å². The average Bonchev–Trinajstić information content (AvgIpc) is 2.10. The van der Waals surface area contributed by atoms with Crippen molar-refractivity contribution in [2.75, 3.05) is 5.73 Å². The minimum atomic E-state index is -0.533. The Morgan fingerprint density at radius 1 is 1.70 bits per heavy atom. The van der Waals surface area contributed by atoms with Gasteiger partial charge >= 0.3 is 0 Å². The molecule has 1 rings (SSSR count). The van der Waals surface area contributed by atoms with Crippen LogP contribution in [0.2, 0.25) is 4.34 Å². The van der Waals surface area contributed by atoms with Crippen molar-refractivity contribution in [2.45, 2.75) is 0 Å². The molecule has 0 spiro atoms. The summed E-state index contributed by atoms with van der Waals surface area (Å²) < 4.78 is 0.478. The second-order valence-electron chi connectivity index (χ2n) is 1.70. The van der Waals surface area contributed by atoms with Gasteiger partial charge in [0.25, 0.3) is 5.91 Å². The lowest BCUT2D eigenvalue weighted by molar-refractivity contribution is 0.100.